The van der Waals surface area contributed by atoms with Gasteiger partial charge in [-0.15, -0.1) is 5.10 Å². The van der Waals surface area contributed by atoms with Crippen LogP contribution in [-0.4, -0.2) is 38.9 Å². The van der Waals surface area contributed by atoms with Crippen molar-refractivity contribution in [2.24, 2.45) is 0 Å². The SMILES string of the molecule is COc1ccc([C@H]2c3ccc(O)cc3Oc3ncn4nc(-c5ccccc5OC)nc4c32)cc1. The van der Waals surface area contributed by atoms with Gasteiger partial charge in [0.25, 0.3) is 0 Å². The summed E-state index contributed by atoms with van der Waals surface area (Å²) in [5, 5.41) is 14.7. The fraction of sp³-hybridized carbons (Fsp3) is 0.115. The maximum absolute atomic E-state index is 10.1. The third-order valence-electron chi connectivity index (χ3n) is 5.99. The maximum atomic E-state index is 10.1. The fourth-order valence-corrected chi connectivity index (χ4v) is 4.39. The minimum absolute atomic E-state index is 0.123. The van der Waals surface area contributed by atoms with E-state index in [9.17, 15) is 5.11 Å². The van der Waals surface area contributed by atoms with Crippen LogP contribution in [0, 0.1) is 0 Å². The average Bonchev–Trinajstić information content (AvgIpc) is 3.32. The maximum Gasteiger partial charge on any atom is 0.228 e. The van der Waals surface area contributed by atoms with E-state index < -0.39 is 0 Å². The second-order valence-electron chi connectivity index (χ2n) is 7.90. The molecule has 0 amide bonds. The third-order valence-corrected chi connectivity index (χ3v) is 5.99. The van der Waals surface area contributed by atoms with Crippen molar-refractivity contribution in [1.29, 1.82) is 0 Å². The molecular weight excluding hydrogens is 432 g/mol. The van der Waals surface area contributed by atoms with E-state index in [1.807, 2.05) is 54.6 Å². The van der Waals surface area contributed by atoms with Gasteiger partial charge in [-0.25, -0.2) is 14.5 Å². The summed E-state index contributed by atoms with van der Waals surface area (Å²) in [6, 6.07) is 20.6. The molecule has 0 spiro atoms. The molecule has 0 radical (unpaired) electrons. The number of benzene rings is 3. The van der Waals surface area contributed by atoms with Crippen molar-refractivity contribution in [3.05, 3.63) is 89.7 Å². The molecule has 8 heteroatoms. The number of phenolic OH excluding ortho intramolecular Hbond substituents is 1. The number of hydrogen-bond donors (Lipinski definition) is 1. The van der Waals surface area contributed by atoms with Crippen LogP contribution in [-0.2, 0) is 0 Å². The molecule has 0 saturated carbocycles. The predicted octanol–water partition coefficient (Wildman–Crippen LogP) is 4.80. The highest BCUT2D eigenvalue weighted by Crippen LogP contribution is 2.49. The Morgan fingerprint density at radius 2 is 1.79 bits per heavy atom. The highest BCUT2D eigenvalue weighted by Gasteiger charge is 2.33. The zero-order valence-electron chi connectivity index (χ0n) is 18.5. The van der Waals surface area contributed by atoms with E-state index in [4.69, 9.17) is 19.2 Å². The van der Waals surface area contributed by atoms with Crippen LogP contribution in [0.5, 0.6) is 28.9 Å². The molecule has 0 bridgehead atoms. The lowest BCUT2D eigenvalue weighted by atomic mass is 9.84. The molecule has 0 unspecified atom stereocenters. The van der Waals surface area contributed by atoms with Crippen LogP contribution < -0.4 is 14.2 Å². The number of aromatic nitrogens is 4. The number of methoxy groups -OCH3 is 2. The molecule has 2 aromatic heterocycles. The monoisotopic (exact) mass is 452 g/mol. The molecule has 0 aliphatic carbocycles. The van der Waals surface area contributed by atoms with Gasteiger partial charge in [-0.3, -0.25) is 0 Å². The number of fused-ring (bicyclic) bond motifs is 4. The van der Waals surface area contributed by atoms with Crippen LogP contribution in [0.25, 0.3) is 17.0 Å². The number of hydrogen-bond acceptors (Lipinski definition) is 7. The molecule has 8 nitrogen and oxygen atoms in total. The van der Waals surface area contributed by atoms with Crippen LogP contribution in [0.1, 0.15) is 22.6 Å². The number of para-hydroxylation sites is 1. The number of aromatic hydroxyl groups is 1. The van der Waals surface area contributed by atoms with Gasteiger partial charge in [-0.2, -0.15) is 0 Å². The summed E-state index contributed by atoms with van der Waals surface area (Å²) in [5.41, 5.74) is 4.11. The van der Waals surface area contributed by atoms with Crippen LogP contribution in [0.2, 0.25) is 0 Å². The van der Waals surface area contributed by atoms with Crippen molar-refractivity contribution in [2.45, 2.75) is 5.92 Å². The summed E-state index contributed by atoms with van der Waals surface area (Å²) in [4.78, 5) is 9.42. The molecule has 1 aliphatic rings. The smallest absolute Gasteiger partial charge is 0.228 e. The normalized spacial score (nSPS) is 14.2. The van der Waals surface area contributed by atoms with Crippen molar-refractivity contribution >= 4 is 5.65 Å². The van der Waals surface area contributed by atoms with Crippen molar-refractivity contribution < 1.29 is 19.3 Å². The Balaban J connectivity index is 1.59. The van der Waals surface area contributed by atoms with E-state index in [0.29, 0.717) is 28.9 Å². The van der Waals surface area contributed by atoms with Gasteiger partial charge in [-0.1, -0.05) is 30.3 Å². The molecule has 3 aromatic carbocycles. The molecule has 5 aromatic rings. The van der Waals surface area contributed by atoms with E-state index >= 15 is 0 Å². The minimum Gasteiger partial charge on any atom is -0.508 e. The van der Waals surface area contributed by atoms with E-state index in [2.05, 4.69) is 10.1 Å². The molecule has 1 aliphatic heterocycles. The predicted molar refractivity (Wildman–Crippen MR) is 125 cm³/mol. The largest absolute Gasteiger partial charge is 0.508 e. The van der Waals surface area contributed by atoms with Gasteiger partial charge in [0.05, 0.1) is 25.3 Å². The summed E-state index contributed by atoms with van der Waals surface area (Å²) in [6.45, 7) is 0. The molecule has 1 N–H and O–H groups in total. The first-order valence-corrected chi connectivity index (χ1v) is 10.7. The topological polar surface area (TPSA) is 91.0 Å². The molecule has 168 valence electrons. The summed E-state index contributed by atoms with van der Waals surface area (Å²) in [7, 11) is 3.26. The number of phenols is 1. The van der Waals surface area contributed by atoms with Gasteiger partial charge in [0, 0.05) is 17.5 Å². The van der Waals surface area contributed by atoms with Crippen LogP contribution in [0.4, 0.5) is 0 Å². The molecule has 0 saturated heterocycles. The number of ether oxygens (including phenoxy) is 3. The summed E-state index contributed by atoms with van der Waals surface area (Å²) < 4.78 is 18.6. The lowest BCUT2D eigenvalue weighted by Gasteiger charge is -2.28. The quantitative estimate of drug-likeness (QED) is 0.411. The highest BCUT2D eigenvalue weighted by molar-refractivity contribution is 5.70. The Kier molecular flexibility index (Phi) is 4.58. The van der Waals surface area contributed by atoms with Gasteiger partial charge < -0.3 is 19.3 Å². The number of nitrogens with zero attached hydrogens (tertiary/aromatic N) is 4. The van der Waals surface area contributed by atoms with Crippen molar-refractivity contribution in [1.82, 2.24) is 19.6 Å². The average molecular weight is 452 g/mol. The first kappa shape index (κ1) is 20.0. The van der Waals surface area contributed by atoms with Crippen LogP contribution in [0.3, 0.4) is 0 Å². The Morgan fingerprint density at radius 1 is 0.971 bits per heavy atom. The second-order valence-corrected chi connectivity index (χ2v) is 7.90. The summed E-state index contributed by atoms with van der Waals surface area (Å²) in [5.74, 6) is 2.83. The summed E-state index contributed by atoms with van der Waals surface area (Å²) >= 11 is 0. The molecule has 0 fully saturated rings. The van der Waals surface area contributed by atoms with E-state index in [1.165, 1.54) is 0 Å². The van der Waals surface area contributed by atoms with Gasteiger partial charge in [0.15, 0.2) is 11.5 Å². The lowest BCUT2D eigenvalue weighted by molar-refractivity contribution is 0.414. The molecule has 34 heavy (non-hydrogen) atoms. The zero-order valence-corrected chi connectivity index (χ0v) is 18.5. The standard InChI is InChI=1S/C26H20N4O4/c1-32-17-10-7-15(8-11-17)22-18-12-9-16(31)13-21(18)34-26-23(22)25-28-24(29-30(25)14-27-26)19-5-3-4-6-20(19)33-2/h3-14,22,31H,1-2H3/t22-/m0/s1. The first-order valence-electron chi connectivity index (χ1n) is 10.7. The molecule has 1 atom stereocenters. The minimum atomic E-state index is -0.240. The van der Waals surface area contributed by atoms with E-state index in [0.717, 1.165) is 28.0 Å². The Morgan fingerprint density at radius 3 is 2.59 bits per heavy atom. The van der Waals surface area contributed by atoms with Crippen LogP contribution >= 0.6 is 0 Å². The molecule has 3 heterocycles. The van der Waals surface area contributed by atoms with E-state index in [1.54, 1.807) is 37.2 Å². The zero-order chi connectivity index (χ0) is 23.2. The van der Waals surface area contributed by atoms with Gasteiger partial charge >= 0.3 is 0 Å². The van der Waals surface area contributed by atoms with E-state index in [-0.39, 0.29) is 11.7 Å². The van der Waals surface area contributed by atoms with Crippen molar-refractivity contribution in [3.63, 3.8) is 0 Å². The van der Waals surface area contributed by atoms with Crippen molar-refractivity contribution in [3.8, 4) is 40.3 Å². The third kappa shape index (κ3) is 3.11. The Hall–Kier alpha value is -4.59. The first-order chi connectivity index (χ1) is 16.7. The Labute approximate surface area is 195 Å². The fourth-order valence-electron chi connectivity index (χ4n) is 4.39. The molecule has 6 rings (SSSR count). The molecular formula is C26H20N4O4. The van der Waals surface area contributed by atoms with Crippen LogP contribution in [0.15, 0.2) is 73.1 Å². The second kappa shape index (κ2) is 7.77. The van der Waals surface area contributed by atoms with Crippen molar-refractivity contribution in [2.75, 3.05) is 14.2 Å². The number of rotatable bonds is 4. The van der Waals surface area contributed by atoms with Gasteiger partial charge in [-0.05, 0) is 35.9 Å². The summed E-state index contributed by atoms with van der Waals surface area (Å²) in [6.07, 6.45) is 1.58. The Bertz CT molecular complexity index is 1530. The lowest BCUT2D eigenvalue weighted by Crippen LogP contribution is -2.15. The van der Waals surface area contributed by atoms with Gasteiger partial charge in [0.1, 0.15) is 29.3 Å². The van der Waals surface area contributed by atoms with Gasteiger partial charge in [0.2, 0.25) is 5.88 Å². The highest BCUT2D eigenvalue weighted by atomic mass is 16.5.